The second-order valence-electron chi connectivity index (χ2n) is 18.4. The van der Waals surface area contributed by atoms with E-state index >= 15 is 0 Å². The molecule has 63 heavy (non-hydrogen) atoms. The topological polar surface area (TPSA) is 166 Å². The number of imidazole rings is 1. The van der Waals surface area contributed by atoms with E-state index in [1.807, 2.05) is 18.2 Å². The Morgan fingerprint density at radius 3 is 2.57 bits per heavy atom. The van der Waals surface area contributed by atoms with E-state index in [9.17, 15) is 28.0 Å². The third-order valence-electron chi connectivity index (χ3n) is 14.4. The molecule has 10 rings (SSSR count). The average Bonchev–Trinajstić information content (AvgIpc) is 4.13. The summed E-state index contributed by atoms with van der Waals surface area (Å²) in [5, 5.41) is 13.7. The van der Waals surface area contributed by atoms with Gasteiger partial charge in [-0.15, -0.1) is 0 Å². The summed E-state index contributed by atoms with van der Waals surface area (Å²) in [7, 11) is 1.76. The summed E-state index contributed by atoms with van der Waals surface area (Å²) in [6.07, 6.45) is 13.7. The Morgan fingerprint density at radius 1 is 1.00 bits per heavy atom. The second-order valence-corrected chi connectivity index (χ2v) is 18.4. The number of nitrogens with one attached hydrogen (secondary N) is 2. The number of aryl methyl sites for hydroxylation is 2. The maximum absolute atomic E-state index is 14.3. The van der Waals surface area contributed by atoms with Crippen molar-refractivity contribution >= 4 is 45.9 Å². The molecule has 5 aliphatic rings. The summed E-state index contributed by atoms with van der Waals surface area (Å²) < 4.78 is 40.7. The minimum absolute atomic E-state index is 0.00976. The average molecular weight is 868 g/mol. The molecule has 18 heteroatoms. The van der Waals surface area contributed by atoms with Crippen LogP contribution < -0.4 is 21.2 Å². The van der Waals surface area contributed by atoms with Crippen LogP contribution in [0.15, 0.2) is 47.7 Å². The molecule has 16 nitrogen and oxygen atoms in total. The first kappa shape index (κ1) is 41.5. The number of benzene rings is 1. The van der Waals surface area contributed by atoms with E-state index in [1.54, 1.807) is 33.3 Å². The monoisotopic (exact) mass is 867 g/mol. The third-order valence-corrected chi connectivity index (χ3v) is 14.4. The molecule has 5 aromatic rings. The number of morpholine rings is 1. The Bertz CT molecular complexity index is 2580. The van der Waals surface area contributed by atoms with Crippen molar-refractivity contribution in [3.05, 3.63) is 70.2 Å². The highest BCUT2D eigenvalue weighted by Crippen LogP contribution is 2.37. The van der Waals surface area contributed by atoms with Crippen LogP contribution in [0.4, 0.5) is 20.3 Å². The number of imide groups is 1. The Kier molecular flexibility index (Phi) is 11.4. The third kappa shape index (κ3) is 8.15. The number of piperidine rings is 2. The van der Waals surface area contributed by atoms with Crippen LogP contribution in [0.1, 0.15) is 117 Å². The molecule has 334 valence electrons. The van der Waals surface area contributed by atoms with Crippen LogP contribution in [-0.4, -0.2) is 101 Å². The molecular weight excluding hydrogens is 813 g/mol. The number of amides is 3. The number of fused-ring (bicyclic) bond motifs is 4. The minimum Gasteiger partial charge on any atom is -0.374 e. The summed E-state index contributed by atoms with van der Waals surface area (Å²) in [5.74, 6) is 0.691. The number of carbonyl (C=O) groups excluding carboxylic acids is 3. The van der Waals surface area contributed by atoms with Gasteiger partial charge in [0.15, 0.2) is 11.3 Å². The van der Waals surface area contributed by atoms with E-state index in [4.69, 9.17) is 9.72 Å². The van der Waals surface area contributed by atoms with Crippen molar-refractivity contribution in [1.82, 2.24) is 43.7 Å². The molecule has 2 N–H and O–H groups in total. The summed E-state index contributed by atoms with van der Waals surface area (Å²) in [6, 6.07) is 7.33. The number of ether oxygens (including phenoxy) is 1. The number of unbranched alkanes of at least 4 members (excludes halogenated alkanes) is 1. The number of para-hydroxylation sites is 1. The highest BCUT2D eigenvalue weighted by atomic mass is 19.3. The number of anilines is 2. The van der Waals surface area contributed by atoms with Gasteiger partial charge in [0.1, 0.15) is 17.4 Å². The first-order valence-corrected chi connectivity index (χ1v) is 22.7. The minimum atomic E-state index is -2.85. The van der Waals surface area contributed by atoms with Gasteiger partial charge in [0.25, 0.3) is 12.3 Å². The summed E-state index contributed by atoms with van der Waals surface area (Å²) in [5.41, 5.74) is 2.60. The molecule has 8 heterocycles. The van der Waals surface area contributed by atoms with Gasteiger partial charge in [-0.2, -0.15) is 10.2 Å². The van der Waals surface area contributed by atoms with Gasteiger partial charge in [0.05, 0.1) is 47.7 Å². The predicted molar refractivity (Wildman–Crippen MR) is 230 cm³/mol. The van der Waals surface area contributed by atoms with Gasteiger partial charge >= 0.3 is 5.69 Å². The second kappa shape index (κ2) is 17.2. The van der Waals surface area contributed by atoms with Crippen molar-refractivity contribution in [3.8, 4) is 0 Å². The Labute approximate surface area is 362 Å². The van der Waals surface area contributed by atoms with E-state index in [1.165, 1.54) is 30.0 Å². The van der Waals surface area contributed by atoms with Crippen LogP contribution in [0, 0.1) is 11.8 Å². The molecule has 0 radical (unpaired) electrons. The number of halogens is 2. The lowest BCUT2D eigenvalue weighted by atomic mass is 9.84. The highest BCUT2D eigenvalue weighted by Gasteiger charge is 2.40. The van der Waals surface area contributed by atoms with Crippen LogP contribution in [-0.2, 0) is 27.8 Å². The van der Waals surface area contributed by atoms with Crippen molar-refractivity contribution in [1.29, 1.82) is 0 Å². The molecule has 3 atom stereocenters. The number of likely N-dealkylation sites (tertiary alicyclic amines) is 1. The van der Waals surface area contributed by atoms with E-state index in [0.717, 1.165) is 100.0 Å². The number of aromatic nitrogens is 7. The summed E-state index contributed by atoms with van der Waals surface area (Å²) >= 11 is 0. The first-order valence-electron chi connectivity index (χ1n) is 22.7. The quantitative estimate of drug-likeness (QED) is 0.113. The smallest absolute Gasteiger partial charge is 0.329 e. The van der Waals surface area contributed by atoms with Gasteiger partial charge in [-0.3, -0.25) is 33.5 Å². The van der Waals surface area contributed by atoms with Gasteiger partial charge in [-0.25, -0.2) is 23.1 Å². The van der Waals surface area contributed by atoms with Gasteiger partial charge in [0.2, 0.25) is 11.8 Å². The molecule has 0 spiro atoms. The van der Waals surface area contributed by atoms with Crippen molar-refractivity contribution in [3.63, 3.8) is 0 Å². The first-order chi connectivity index (χ1) is 30.6. The number of hydrogen-bond acceptors (Lipinski definition) is 10. The lowest BCUT2D eigenvalue weighted by Gasteiger charge is -2.36. The van der Waals surface area contributed by atoms with Crippen LogP contribution in [0.2, 0.25) is 0 Å². The number of hydrogen-bond donors (Lipinski definition) is 2. The Balaban J connectivity index is 0.682. The molecule has 4 aromatic heterocycles. The molecule has 2 bridgehead atoms. The molecule has 4 saturated heterocycles. The fourth-order valence-electron chi connectivity index (χ4n) is 11.0. The Hall–Kier alpha value is -5.49. The fraction of sp³-hybridized carbons (Fsp3) is 0.578. The zero-order valence-electron chi connectivity index (χ0n) is 35.6. The standard InChI is InChI=1S/C45H55F2N11O5/c1-53-40-29(7-4-8-35(40)58(45(53)62)36-13-14-38(59)51-44(36)61)6-3-2-5-27-15-18-54(19-16-27)23-28-9-11-30(12-10-28)57-25-34(39(52-57)41(46)47)49-43(60)33-22-48-56-20-17-37(50-42(33)56)55-24-32-21-31(55)26-63-32/h4,7-8,17,20,22,25,27-28,30-32,36,41H,2-3,5-6,9-16,18-19,21,23-24,26H2,1H3,(H,49,60)(H,51,59,61)/t28-,30-,31-,32-,36?/m1/s1. The number of carbonyl (C=O) groups is 3. The molecule has 3 amide bonds. The molecular formula is C45H55F2N11O5. The van der Waals surface area contributed by atoms with Crippen molar-refractivity contribution < 1.29 is 27.9 Å². The zero-order valence-corrected chi connectivity index (χ0v) is 35.6. The van der Waals surface area contributed by atoms with Gasteiger partial charge < -0.3 is 19.9 Å². The molecule has 5 fully saturated rings. The maximum Gasteiger partial charge on any atom is 0.329 e. The van der Waals surface area contributed by atoms with Crippen molar-refractivity contribution in [2.24, 2.45) is 18.9 Å². The van der Waals surface area contributed by atoms with Crippen molar-refractivity contribution in [2.45, 2.75) is 114 Å². The summed E-state index contributed by atoms with van der Waals surface area (Å²) in [4.78, 5) is 60.8. The largest absolute Gasteiger partial charge is 0.374 e. The van der Waals surface area contributed by atoms with Crippen molar-refractivity contribution in [2.75, 3.05) is 43.0 Å². The highest BCUT2D eigenvalue weighted by molar-refractivity contribution is 6.08. The van der Waals surface area contributed by atoms with Crippen LogP contribution in [0.3, 0.4) is 0 Å². The zero-order chi connectivity index (χ0) is 43.4. The van der Waals surface area contributed by atoms with E-state index in [0.29, 0.717) is 30.5 Å². The van der Waals surface area contributed by atoms with Gasteiger partial charge in [0, 0.05) is 39.0 Å². The van der Waals surface area contributed by atoms with E-state index in [2.05, 4.69) is 36.7 Å². The molecule has 1 aliphatic carbocycles. The van der Waals surface area contributed by atoms with Crippen LogP contribution >= 0.6 is 0 Å². The fourth-order valence-corrected chi connectivity index (χ4v) is 11.0. The molecule has 1 aromatic carbocycles. The predicted octanol–water partition coefficient (Wildman–Crippen LogP) is 5.58. The molecule has 1 unspecified atom stereocenters. The number of rotatable bonds is 13. The SMILES string of the molecule is Cn1c(=O)n(C2CCC(=O)NC2=O)c2cccc(CCCCC3CCN(C[C@H]4CC[C@H](n5cc(NC(=O)c6cnn7ccc(N8C[C@H]9C[C@@H]8CO9)nc67)c(C(F)F)n5)CC4)CC3)c21. The lowest BCUT2D eigenvalue weighted by molar-refractivity contribution is -0.135. The maximum atomic E-state index is 14.3. The normalized spacial score (nSPS) is 24.6. The molecule has 4 aliphatic heterocycles. The van der Waals surface area contributed by atoms with Crippen LogP contribution in [0.5, 0.6) is 0 Å². The van der Waals surface area contributed by atoms with Gasteiger partial charge in [-0.05, 0) is 107 Å². The molecule has 1 saturated carbocycles. The summed E-state index contributed by atoms with van der Waals surface area (Å²) in [6.45, 7) is 4.60. The van der Waals surface area contributed by atoms with Crippen LogP contribution in [0.25, 0.3) is 16.7 Å². The Morgan fingerprint density at radius 2 is 1.83 bits per heavy atom. The lowest BCUT2D eigenvalue weighted by Crippen LogP contribution is -2.44. The van der Waals surface area contributed by atoms with E-state index < -0.39 is 30.0 Å². The van der Waals surface area contributed by atoms with Gasteiger partial charge in [-0.1, -0.05) is 25.0 Å². The number of nitrogens with zero attached hydrogens (tertiary/aromatic N) is 9. The van der Waals surface area contributed by atoms with E-state index in [-0.39, 0.29) is 47.5 Å². The number of alkyl halides is 2.